The number of para-hydroxylation sites is 1. The third-order valence-corrected chi connectivity index (χ3v) is 4.77. The van der Waals surface area contributed by atoms with Crippen LogP contribution in [0.3, 0.4) is 0 Å². The van der Waals surface area contributed by atoms with E-state index in [0.717, 1.165) is 30.9 Å². The van der Waals surface area contributed by atoms with Crippen LogP contribution in [0.4, 0.5) is 18.9 Å². The first-order chi connectivity index (χ1) is 14.2. The number of aryl methyl sites for hydroxylation is 1. The molecule has 0 saturated carbocycles. The molecule has 30 heavy (non-hydrogen) atoms. The van der Waals surface area contributed by atoms with Crippen molar-refractivity contribution < 1.29 is 22.8 Å². The summed E-state index contributed by atoms with van der Waals surface area (Å²) in [5.41, 5.74) is 0.807. The van der Waals surface area contributed by atoms with E-state index >= 15 is 0 Å². The van der Waals surface area contributed by atoms with Crippen LogP contribution in [0.5, 0.6) is 0 Å². The molecule has 0 aliphatic carbocycles. The van der Waals surface area contributed by atoms with Gasteiger partial charge < -0.3 is 10.2 Å². The van der Waals surface area contributed by atoms with Crippen molar-refractivity contribution in [3.8, 4) is 0 Å². The van der Waals surface area contributed by atoms with Crippen molar-refractivity contribution in [2.45, 2.75) is 45.7 Å². The van der Waals surface area contributed by atoms with Crippen molar-refractivity contribution in [2.24, 2.45) is 0 Å². The summed E-state index contributed by atoms with van der Waals surface area (Å²) < 4.78 is 39.2. The first-order valence-electron chi connectivity index (χ1n) is 10.1. The lowest BCUT2D eigenvalue weighted by Gasteiger charge is -2.21. The van der Waals surface area contributed by atoms with E-state index in [4.69, 9.17) is 0 Å². The molecule has 0 aliphatic heterocycles. The second-order valence-corrected chi connectivity index (χ2v) is 7.10. The Morgan fingerprint density at radius 3 is 2.20 bits per heavy atom. The van der Waals surface area contributed by atoms with Gasteiger partial charge in [0.25, 0.3) is 0 Å². The largest absolute Gasteiger partial charge is 0.418 e. The number of benzene rings is 2. The minimum atomic E-state index is -4.58. The highest BCUT2D eigenvalue weighted by Crippen LogP contribution is 2.34. The van der Waals surface area contributed by atoms with Crippen molar-refractivity contribution in [1.29, 1.82) is 0 Å². The third kappa shape index (κ3) is 6.90. The summed E-state index contributed by atoms with van der Waals surface area (Å²) in [6.45, 7) is 3.82. The molecule has 1 N–H and O–H groups in total. The molecule has 0 aliphatic rings. The van der Waals surface area contributed by atoms with Gasteiger partial charge in [-0.05, 0) is 43.0 Å². The van der Waals surface area contributed by atoms with E-state index in [1.165, 1.54) is 28.7 Å². The lowest BCUT2D eigenvalue weighted by atomic mass is 10.0. The number of hydrogen-bond acceptors (Lipinski definition) is 2. The topological polar surface area (TPSA) is 49.4 Å². The van der Waals surface area contributed by atoms with Crippen LogP contribution in [0.15, 0.2) is 48.5 Å². The summed E-state index contributed by atoms with van der Waals surface area (Å²) in [6, 6.07) is 12.6. The monoisotopic (exact) mass is 420 g/mol. The Balaban J connectivity index is 1.98. The number of halogens is 3. The molecule has 0 saturated heterocycles. The van der Waals surface area contributed by atoms with Gasteiger partial charge >= 0.3 is 6.18 Å². The van der Waals surface area contributed by atoms with E-state index in [9.17, 15) is 22.8 Å². The van der Waals surface area contributed by atoms with Gasteiger partial charge in [0.2, 0.25) is 11.8 Å². The molecule has 7 heteroatoms. The number of nitrogens with one attached hydrogen (secondary N) is 1. The van der Waals surface area contributed by atoms with Gasteiger partial charge in [0, 0.05) is 6.54 Å². The minimum Gasteiger partial charge on any atom is -0.333 e. The molecule has 0 bridgehead atoms. The maximum Gasteiger partial charge on any atom is 0.418 e. The Morgan fingerprint density at radius 2 is 1.60 bits per heavy atom. The molecule has 2 aromatic carbocycles. The van der Waals surface area contributed by atoms with Gasteiger partial charge in [-0.3, -0.25) is 9.59 Å². The van der Waals surface area contributed by atoms with Crippen molar-refractivity contribution in [3.63, 3.8) is 0 Å². The second kappa shape index (κ2) is 10.8. The molecule has 2 rings (SSSR count). The lowest BCUT2D eigenvalue weighted by Crippen LogP contribution is -2.38. The van der Waals surface area contributed by atoms with Gasteiger partial charge in [-0.25, -0.2) is 0 Å². The number of carbonyl (C=O) groups is 2. The number of rotatable bonds is 9. The molecule has 2 aromatic rings. The average molecular weight is 420 g/mol. The Kier molecular flexibility index (Phi) is 8.45. The van der Waals surface area contributed by atoms with Gasteiger partial charge in [-0.15, -0.1) is 0 Å². The molecule has 0 atom stereocenters. The van der Waals surface area contributed by atoms with Crippen LogP contribution >= 0.6 is 0 Å². The predicted octanol–water partition coefficient (Wildman–Crippen LogP) is 5.08. The fourth-order valence-corrected chi connectivity index (χ4v) is 3.07. The van der Waals surface area contributed by atoms with Crippen LogP contribution in [-0.2, 0) is 28.6 Å². The molecule has 0 unspecified atom stereocenters. The maximum atomic E-state index is 13.1. The maximum absolute atomic E-state index is 13.1. The van der Waals surface area contributed by atoms with Gasteiger partial charge in [0.1, 0.15) is 0 Å². The molecule has 0 aromatic heterocycles. The molecule has 0 heterocycles. The van der Waals surface area contributed by atoms with E-state index in [1.807, 2.05) is 24.3 Å². The first kappa shape index (κ1) is 23.4. The van der Waals surface area contributed by atoms with Crippen LogP contribution in [0, 0.1) is 0 Å². The molecular formula is C23H27F3N2O2. The van der Waals surface area contributed by atoms with Crippen LogP contribution in [-0.4, -0.2) is 29.8 Å². The minimum absolute atomic E-state index is 0.133. The number of nitrogens with zero attached hydrogens (tertiary/aromatic N) is 1. The van der Waals surface area contributed by atoms with Crippen molar-refractivity contribution in [1.82, 2.24) is 4.90 Å². The van der Waals surface area contributed by atoms with Crippen molar-refractivity contribution in [2.75, 3.05) is 18.4 Å². The molecule has 4 nitrogen and oxygen atoms in total. The van der Waals surface area contributed by atoms with Crippen LogP contribution in [0.2, 0.25) is 0 Å². The Labute approximate surface area is 175 Å². The van der Waals surface area contributed by atoms with Crippen LogP contribution < -0.4 is 5.32 Å². The number of unbranched alkanes of at least 4 members (excludes halogenated alkanes) is 1. The summed E-state index contributed by atoms with van der Waals surface area (Å²) in [6.07, 6.45) is -1.23. The Morgan fingerprint density at radius 1 is 0.967 bits per heavy atom. The fraction of sp³-hybridized carbons (Fsp3) is 0.391. The molecule has 0 fully saturated rings. The number of alkyl halides is 3. The molecule has 162 valence electrons. The van der Waals surface area contributed by atoms with Gasteiger partial charge in [-0.1, -0.05) is 49.7 Å². The van der Waals surface area contributed by atoms with Crippen LogP contribution in [0.25, 0.3) is 0 Å². The summed E-state index contributed by atoms with van der Waals surface area (Å²) in [5.74, 6) is -0.921. The predicted molar refractivity (Wildman–Crippen MR) is 111 cm³/mol. The second-order valence-electron chi connectivity index (χ2n) is 7.10. The zero-order chi connectivity index (χ0) is 22.1. The summed E-state index contributed by atoms with van der Waals surface area (Å²) in [4.78, 5) is 26.2. The van der Waals surface area contributed by atoms with Crippen molar-refractivity contribution >= 4 is 17.5 Å². The van der Waals surface area contributed by atoms with Gasteiger partial charge in [-0.2, -0.15) is 13.2 Å². The van der Waals surface area contributed by atoms with E-state index in [1.54, 1.807) is 6.92 Å². The van der Waals surface area contributed by atoms with Crippen molar-refractivity contribution in [3.05, 3.63) is 65.2 Å². The quantitative estimate of drug-likeness (QED) is 0.615. The average Bonchev–Trinajstić information content (AvgIpc) is 2.71. The van der Waals surface area contributed by atoms with Crippen LogP contribution in [0.1, 0.15) is 43.4 Å². The smallest absolute Gasteiger partial charge is 0.333 e. The molecule has 0 radical (unpaired) electrons. The highest BCUT2D eigenvalue weighted by Gasteiger charge is 2.33. The Hall–Kier alpha value is -2.83. The van der Waals surface area contributed by atoms with E-state index < -0.39 is 17.6 Å². The number of likely N-dealkylation sites (N-methyl/N-ethyl adjacent to an activating group) is 1. The zero-order valence-electron chi connectivity index (χ0n) is 17.3. The lowest BCUT2D eigenvalue weighted by molar-refractivity contribution is -0.137. The number of amides is 2. The SMILES string of the molecule is CCCCc1ccc(CC(=O)N(CC)CC(=O)Nc2ccccc2C(F)(F)F)cc1. The Bertz CT molecular complexity index is 848. The highest BCUT2D eigenvalue weighted by molar-refractivity contribution is 5.95. The molecule has 2 amide bonds. The highest BCUT2D eigenvalue weighted by atomic mass is 19.4. The van der Waals surface area contributed by atoms with E-state index in [-0.39, 0.29) is 31.1 Å². The van der Waals surface area contributed by atoms with E-state index in [2.05, 4.69) is 12.2 Å². The van der Waals surface area contributed by atoms with E-state index in [0.29, 0.717) is 0 Å². The fourth-order valence-electron chi connectivity index (χ4n) is 3.07. The van der Waals surface area contributed by atoms with Gasteiger partial charge in [0.05, 0.1) is 24.2 Å². The number of hydrogen-bond donors (Lipinski definition) is 1. The zero-order valence-corrected chi connectivity index (χ0v) is 17.3. The summed E-state index contributed by atoms with van der Waals surface area (Å²) in [7, 11) is 0. The summed E-state index contributed by atoms with van der Waals surface area (Å²) in [5, 5.41) is 2.27. The molecular weight excluding hydrogens is 393 g/mol. The standard InChI is InChI=1S/C23H27F3N2O2/c1-3-5-8-17-11-13-18(14-12-17)15-22(30)28(4-2)16-21(29)27-20-10-7-6-9-19(20)23(24,25)26/h6-7,9-14H,3-5,8,15-16H2,1-2H3,(H,27,29). The number of carbonyl (C=O) groups excluding carboxylic acids is 2. The third-order valence-electron chi connectivity index (χ3n) is 4.77. The number of anilines is 1. The normalized spacial score (nSPS) is 11.2. The van der Waals surface area contributed by atoms with Gasteiger partial charge in [0.15, 0.2) is 0 Å². The first-order valence-corrected chi connectivity index (χ1v) is 10.1. The molecule has 0 spiro atoms. The summed E-state index contributed by atoms with van der Waals surface area (Å²) >= 11 is 0.